The Morgan fingerprint density at radius 3 is 2.44 bits per heavy atom. The van der Waals surface area contributed by atoms with Crippen LogP contribution >= 0.6 is 12.4 Å². The molecule has 2 N–H and O–H groups in total. The van der Waals surface area contributed by atoms with Gasteiger partial charge in [-0.05, 0) is 73.6 Å². The van der Waals surface area contributed by atoms with Crippen LogP contribution in [0.15, 0.2) is 77.9 Å². The van der Waals surface area contributed by atoms with Gasteiger partial charge in [0.05, 0.1) is 13.3 Å². The summed E-state index contributed by atoms with van der Waals surface area (Å²) in [5.74, 6) is 3.01. The van der Waals surface area contributed by atoms with Gasteiger partial charge in [-0.1, -0.05) is 48.0 Å². The predicted octanol–water partition coefficient (Wildman–Crippen LogP) is 6.16. The van der Waals surface area contributed by atoms with Crippen molar-refractivity contribution in [1.82, 2.24) is 15.0 Å². The number of aryl methyl sites for hydroxylation is 1. The van der Waals surface area contributed by atoms with Crippen molar-refractivity contribution in [2.45, 2.75) is 26.2 Å². The summed E-state index contributed by atoms with van der Waals surface area (Å²) in [7, 11) is 1.55. The van der Waals surface area contributed by atoms with Gasteiger partial charge >= 0.3 is 0 Å². The summed E-state index contributed by atoms with van der Waals surface area (Å²) >= 11 is 0. The Hall–Kier alpha value is -4.88. The van der Waals surface area contributed by atoms with E-state index < -0.39 is 0 Å². The van der Waals surface area contributed by atoms with E-state index in [1.54, 1.807) is 25.5 Å². The first kappa shape index (κ1) is 31.1. The van der Waals surface area contributed by atoms with Gasteiger partial charge in [0.1, 0.15) is 6.07 Å². The lowest BCUT2D eigenvalue weighted by Crippen LogP contribution is -2.35. The standard InChI is InChI=1S/C32H34N8O2.ClH/c1-23-8-11-27(12-9-23)35-30-36-31(39-34-22-26-10-13-28(42-19-16-33)29(21-26)41-2)38-32(37-30)40-17-14-25(15-18-40)20-24-6-4-3-5-7-24;/h3-13,21-22,25H,14-15,17-20H2,1-2H3,(H2,35,36,37,38,39);1H. The number of nitriles is 1. The molecular weight excluding hydrogens is 564 g/mol. The predicted molar refractivity (Wildman–Crippen MR) is 172 cm³/mol. The van der Waals surface area contributed by atoms with E-state index in [2.05, 4.69) is 63.0 Å². The number of hydrogen-bond donors (Lipinski definition) is 2. The number of hydrazone groups is 1. The first-order valence-corrected chi connectivity index (χ1v) is 13.9. The van der Waals surface area contributed by atoms with E-state index in [9.17, 15) is 0 Å². The second-order valence-electron chi connectivity index (χ2n) is 10.1. The third kappa shape index (κ3) is 8.80. The molecule has 1 aliphatic rings. The molecule has 10 nitrogen and oxygen atoms in total. The molecule has 0 radical (unpaired) electrons. The lowest BCUT2D eigenvalue weighted by Gasteiger charge is -2.32. The van der Waals surface area contributed by atoms with Crippen LogP contribution in [0.4, 0.5) is 23.5 Å². The van der Waals surface area contributed by atoms with E-state index in [1.807, 2.05) is 36.4 Å². The number of nitrogens with zero attached hydrogens (tertiary/aromatic N) is 6. The Labute approximate surface area is 258 Å². The van der Waals surface area contributed by atoms with Crippen LogP contribution in [-0.2, 0) is 6.42 Å². The maximum atomic E-state index is 8.78. The van der Waals surface area contributed by atoms with Crippen LogP contribution in [0.5, 0.6) is 11.5 Å². The molecule has 1 fully saturated rings. The van der Waals surface area contributed by atoms with E-state index in [-0.39, 0.29) is 19.0 Å². The smallest absolute Gasteiger partial charge is 0.250 e. The van der Waals surface area contributed by atoms with Crippen molar-refractivity contribution < 1.29 is 9.47 Å². The van der Waals surface area contributed by atoms with Crippen LogP contribution in [0, 0.1) is 24.2 Å². The molecule has 2 heterocycles. The van der Waals surface area contributed by atoms with Gasteiger partial charge in [-0.2, -0.15) is 25.3 Å². The number of halogens is 1. The molecular formula is C32H35ClN8O2. The highest BCUT2D eigenvalue weighted by Gasteiger charge is 2.22. The summed E-state index contributed by atoms with van der Waals surface area (Å²) in [6.45, 7) is 3.73. The van der Waals surface area contributed by atoms with E-state index in [4.69, 9.17) is 24.7 Å². The summed E-state index contributed by atoms with van der Waals surface area (Å²) in [4.78, 5) is 16.2. The number of methoxy groups -OCH3 is 1. The SMILES string of the molecule is COc1cc(C=NNc2nc(Nc3ccc(C)cc3)nc(N3CCC(Cc4ccccc4)CC3)n2)ccc1OCC#N.Cl. The van der Waals surface area contributed by atoms with Gasteiger partial charge in [-0.15, -0.1) is 12.4 Å². The first-order valence-electron chi connectivity index (χ1n) is 13.9. The van der Waals surface area contributed by atoms with Gasteiger partial charge < -0.3 is 19.7 Å². The quantitative estimate of drug-likeness (QED) is 0.154. The molecule has 0 atom stereocenters. The molecule has 43 heavy (non-hydrogen) atoms. The summed E-state index contributed by atoms with van der Waals surface area (Å²) in [5.41, 5.74) is 7.18. The number of piperidine rings is 1. The molecule has 222 valence electrons. The molecule has 11 heteroatoms. The van der Waals surface area contributed by atoms with Crippen molar-refractivity contribution in [1.29, 1.82) is 5.26 Å². The average Bonchev–Trinajstić information content (AvgIpc) is 3.02. The van der Waals surface area contributed by atoms with Gasteiger partial charge in [0, 0.05) is 18.8 Å². The Kier molecular flexibility index (Phi) is 11.1. The third-order valence-electron chi connectivity index (χ3n) is 7.05. The van der Waals surface area contributed by atoms with Crippen LogP contribution in [0.2, 0.25) is 0 Å². The maximum Gasteiger partial charge on any atom is 0.250 e. The Bertz CT molecular complexity index is 1540. The molecule has 4 aromatic rings. The molecule has 0 spiro atoms. The zero-order valence-electron chi connectivity index (χ0n) is 24.2. The fourth-order valence-corrected chi connectivity index (χ4v) is 4.82. The normalized spacial score (nSPS) is 13.2. The van der Waals surface area contributed by atoms with E-state index in [0.717, 1.165) is 43.6 Å². The molecule has 0 bridgehead atoms. The number of nitrogens with one attached hydrogen (secondary N) is 2. The topological polar surface area (TPSA) is 121 Å². The molecule has 0 saturated carbocycles. The molecule has 0 aliphatic carbocycles. The number of aromatic nitrogens is 3. The lowest BCUT2D eigenvalue weighted by atomic mass is 9.90. The summed E-state index contributed by atoms with van der Waals surface area (Å²) < 4.78 is 10.8. The van der Waals surface area contributed by atoms with Gasteiger partial charge in [-0.3, -0.25) is 0 Å². The monoisotopic (exact) mass is 598 g/mol. The average molecular weight is 599 g/mol. The molecule has 1 aromatic heterocycles. The minimum absolute atomic E-state index is 0. The molecule has 3 aromatic carbocycles. The van der Waals surface area contributed by atoms with Crippen molar-refractivity contribution in [3.63, 3.8) is 0 Å². The van der Waals surface area contributed by atoms with Crippen LogP contribution in [0.1, 0.15) is 29.5 Å². The third-order valence-corrected chi connectivity index (χ3v) is 7.05. The van der Waals surface area contributed by atoms with E-state index >= 15 is 0 Å². The summed E-state index contributed by atoms with van der Waals surface area (Å²) in [6, 6.07) is 26.0. The van der Waals surface area contributed by atoms with Gasteiger partial charge in [0.15, 0.2) is 18.1 Å². The highest BCUT2D eigenvalue weighted by molar-refractivity contribution is 5.85. The van der Waals surface area contributed by atoms with Gasteiger partial charge in [-0.25, -0.2) is 5.43 Å². The minimum Gasteiger partial charge on any atom is -0.493 e. The Balaban J connectivity index is 0.00000423. The van der Waals surface area contributed by atoms with Gasteiger partial charge in [0.25, 0.3) is 0 Å². The first-order chi connectivity index (χ1) is 20.6. The summed E-state index contributed by atoms with van der Waals surface area (Å²) in [6.07, 6.45) is 4.86. The fourth-order valence-electron chi connectivity index (χ4n) is 4.82. The van der Waals surface area contributed by atoms with Crippen LogP contribution in [-0.4, -0.2) is 48.0 Å². The van der Waals surface area contributed by atoms with Crippen molar-refractivity contribution >= 4 is 42.2 Å². The highest BCUT2D eigenvalue weighted by Crippen LogP contribution is 2.28. The van der Waals surface area contributed by atoms with Crippen molar-refractivity contribution in [2.75, 3.05) is 42.4 Å². The van der Waals surface area contributed by atoms with E-state index in [0.29, 0.717) is 35.3 Å². The van der Waals surface area contributed by atoms with Crippen LogP contribution in [0.3, 0.4) is 0 Å². The largest absolute Gasteiger partial charge is 0.493 e. The second kappa shape index (κ2) is 15.4. The van der Waals surface area contributed by atoms with Crippen molar-refractivity contribution in [2.24, 2.45) is 11.0 Å². The number of benzene rings is 3. The molecule has 5 rings (SSSR count). The molecule has 1 aliphatic heterocycles. The zero-order valence-corrected chi connectivity index (χ0v) is 25.1. The fraction of sp³-hybridized carbons (Fsp3) is 0.281. The molecule has 0 unspecified atom stereocenters. The van der Waals surface area contributed by atoms with Gasteiger partial charge in [0.2, 0.25) is 17.8 Å². The lowest BCUT2D eigenvalue weighted by molar-refractivity contribution is 0.329. The number of hydrogen-bond acceptors (Lipinski definition) is 10. The molecule has 0 amide bonds. The second-order valence-corrected chi connectivity index (χ2v) is 10.1. The highest BCUT2D eigenvalue weighted by atomic mass is 35.5. The number of anilines is 4. The van der Waals surface area contributed by atoms with E-state index in [1.165, 1.54) is 11.1 Å². The Morgan fingerprint density at radius 2 is 1.72 bits per heavy atom. The summed E-state index contributed by atoms with van der Waals surface area (Å²) in [5, 5.41) is 16.4. The van der Waals surface area contributed by atoms with Crippen molar-refractivity contribution in [3.8, 4) is 17.6 Å². The maximum absolute atomic E-state index is 8.78. The molecule has 1 saturated heterocycles. The number of ether oxygens (including phenoxy) is 2. The number of rotatable bonds is 11. The van der Waals surface area contributed by atoms with Crippen LogP contribution < -0.4 is 25.1 Å². The Morgan fingerprint density at radius 1 is 0.977 bits per heavy atom. The van der Waals surface area contributed by atoms with Crippen molar-refractivity contribution in [3.05, 3.63) is 89.5 Å². The minimum atomic E-state index is -0.0588. The van der Waals surface area contributed by atoms with Crippen LogP contribution in [0.25, 0.3) is 0 Å². The zero-order chi connectivity index (χ0) is 29.1.